The molecule has 0 aromatic rings. The largest absolute Gasteiger partial charge is 0.0622 e. The summed E-state index contributed by atoms with van der Waals surface area (Å²) in [4.78, 5) is 0. The van der Waals surface area contributed by atoms with Crippen molar-refractivity contribution in [2.75, 3.05) is 0 Å². The summed E-state index contributed by atoms with van der Waals surface area (Å²) in [6.45, 7) is 9.56. The van der Waals surface area contributed by atoms with Crippen LogP contribution in [0.5, 0.6) is 0 Å². The zero-order valence-corrected chi connectivity index (χ0v) is 9.90. The van der Waals surface area contributed by atoms with Crippen LogP contribution in [0.2, 0.25) is 0 Å². The zero-order valence-electron chi connectivity index (χ0n) is 9.90. The van der Waals surface area contributed by atoms with Crippen LogP contribution in [0.1, 0.15) is 66.2 Å². The summed E-state index contributed by atoms with van der Waals surface area (Å²) >= 11 is 0. The number of hydrogen-bond acceptors (Lipinski definition) is 0. The second-order valence-electron chi connectivity index (χ2n) is 6.14. The minimum absolute atomic E-state index is 0.525. The molecule has 1 aliphatic rings. The monoisotopic (exact) mass is 182 g/mol. The summed E-state index contributed by atoms with van der Waals surface area (Å²) in [5, 5.41) is 0. The maximum atomic E-state index is 2.46. The Morgan fingerprint density at radius 1 is 1.08 bits per heavy atom. The van der Waals surface area contributed by atoms with E-state index in [0.29, 0.717) is 5.41 Å². The van der Waals surface area contributed by atoms with E-state index < -0.39 is 0 Å². The molecule has 1 rings (SSSR count). The van der Waals surface area contributed by atoms with Crippen molar-refractivity contribution in [2.24, 2.45) is 17.3 Å². The highest BCUT2D eigenvalue weighted by Crippen LogP contribution is 2.36. The van der Waals surface area contributed by atoms with E-state index in [0.717, 1.165) is 11.8 Å². The Morgan fingerprint density at radius 3 is 2.08 bits per heavy atom. The van der Waals surface area contributed by atoms with Crippen LogP contribution in [0.3, 0.4) is 0 Å². The lowest BCUT2D eigenvalue weighted by Gasteiger charge is -2.32. The Labute approximate surface area is 84.1 Å². The van der Waals surface area contributed by atoms with Crippen molar-refractivity contribution in [2.45, 2.75) is 66.2 Å². The predicted molar refractivity (Wildman–Crippen MR) is 59.8 cm³/mol. The lowest BCUT2D eigenvalue weighted by Crippen LogP contribution is -2.20. The van der Waals surface area contributed by atoms with E-state index in [-0.39, 0.29) is 0 Å². The number of hydrogen-bond donors (Lipinski definition) is 0. The molecule has 0 heteroatoms. The molecule has 0 nitrogen and oxygen atoms in total. The van der Waals surface area contributed by atoms with Gasteiger partial charge in [-0.15, -0.1) is 0 Å². The Bertz CT molecular complexity index is 135. The van der Waals surface area contributed by atoms with Gasteiger partial charge in [0, 0.05) is 0 Å². The van der Waals surface area contributed by atoms with Gasteiger partial charge in [0.2, 0.25) is 0 Å². The standard InChI is InChI=1S/C13H26/c1-11(10-13(2,3)4)12-8-6-5-7-9-12/h11-12H,5-10H2,1-4H3. The first kappa shape index (κ1) is 11.1. The lowest BCUT2D eigenvalue weighted by atomic mass is 9.74. The summed E-state index contributed by atoms with van der Waals surface area (Å²) in [5.74, 6) is 1.98. The minimum Gasteiger partial charge on any atom is -0.0622 e. The fourth-order valence-corrected chi connectivity index (χ4v) is 2.84. The molecule has 0 radical (unpaired) electrons. The highest BCUT2D eigenvalue weighted by atomic mass is 14.3. The Hall–Kier alpha value is 0. The summed E-state index contributed by atoms with van der Waals surface area (Å²) in [7, 11) is 0. The Balaban J connectivity index is 2.33. The van der Waals surface area contributed by atoms with Gasteiger partial charge in [0.05, 0.1) is 0 Å². The lowest BCUT2D eigenvalue weighted by molar-refractivity contribution is 0.196. The van der Waals surface area contributed by atoms with E-state index in [1.165, 1.54) is 38.5 Å². The van der Waals surface area contributed by atoms with Gasteiger partial charge in [0.15, 0.2) is 0 Å². The summed E-state index contributed by atoms with van der Waals surface area (Å²) in [6.07, 6.45) is 8.85. The third-order valence-electron chi connectivity index (χ3n) is 3.39. The molecular formula is C13H26. The van der Waals surface area contributed by atoms with Crippen LogP contribution in [0, 0.1) is 17.3 Å². The Morgan fingerprint density at radius 2 is 1.62 bits per heavy atom. The van der Waals surface area contributed by atoms with Crippen molar-refractivity contribution in [3.05, 3.63) is 0 Å². The molecule has 1 aliphatic carbocycles. The first-order valence-corrected chi connectivity index (χ1v) is 5.99. The Kier molecular flexibility index (Phi) is 3.82. The fourth-order valence-electron chi connectivity index (χ4n) is 2.84. The van der Waals surface area contributed by atoms with Gasteiger partial charge in [0.25, 0.3) is 0 Å². The second-order valence-corrected chi connectivity index (χ2v) is 6.14. The SMILES string of the molecule is CC(CC(C)(C)C)C1CCCCC1. The van der Waals surface area contributed by atoms with Crippen LogP contribution in [0.15, 0.2) is 0 Å². The van der Waals surface area contributed by atoms with Crippen LogP contribution in [-0.4, -0.2) is 0 Å². The summed E-state index contributed by atoms with van der Waals surface area (Å²) < 4.78 is 0. The van der Waals surface area contributed by atoms with E-state index in [1.54, 1.807) is 0 Å². The molecule has 1 unspecified atom stereocenters. The molecule has 13 heavy (non-hydrogen) atoms. The van der Waals surface area contributed by atoms with E-state index in [2.05, 4.69) is 27.7 Å². The molecule has 0 aromatic carbocycles. The third-order valence-corrected chi connectivity index (χ3v) is 3.39. The van der Waals surface area contributed by atoms with Gasteiger partial charge in [-0.3, -0.25) is 0 Å². The predicted octanol–water partition coefficient (Wildman–Crippen LogP) is 4.64. The average molecular weight is 182 g/mol. The van der Waals surface area contributed by atoms with Crippen LogP contribution in [0.4, 0.5) is 0 Å². The first-order chi connectivity index (χ1) is 5.99. The molecule has 0 bridgehead atoms. The van der Waals surface area contributed by atoms with E-state index in [4.69, 9.17) is 0 Å². The molecule has 0 N–H and O–H groups in total. The van der Waals surface area contributed by atoms with Gasteiger partial charge in [-0.25, -0.2) is 0 Å². The molecular weight excluding hydrogens is 156 g/mol. The second kappa shape index (κ2) is 4.48. The average Bonchev–Trinajstić information content (AvgIpc) is 2.03. The summed E-state index contributed by atoms with van der Waals surface area (Å²) in [6, 6.07) is 0. The van der Waals surface area contributed by atoms with Crippen LogP contribution in [0.25, 0.3) is 0 Å². The molecule has 0 spiro atoms. The van der Waals surface area contributed by atoms with Crippen LogP contribution < -0.4 is 0 Å². The molecule has 0 saturated heterocycles. The molecule has 1 atom stereocenters. The molecule has 78 valence electrons. The van der Waals surface area contributed by atoms with Gasteiger partial charge in [-0.2, -0.15) is 0 Å². The third kappa shape index (κ3) is 4.15. The topological polar surface area (TPSA) is 0 Å². The van der Waals surface area contributed by atoms with E-state index in [1.807, 2.05) is 0 Å². The maximum absolute atomic E-state index is 2.46. The highest BCUT2D eigenvalue weighted by molar-refractivity contribution is 4.75. The zero-order chi connectivity index (χ0) is 9.90. The van der Waals surface area contributed by atoms with Crippen molar-refractivity contribution >= 4 is 0 Å². The quantitative estimate of drug-likeness (QED) is 0.583. The smallest absolute Gasteiger partial charge is 0.0380 e. The highest BCUT2D eigenvalue weighted by Gasteiger charge is 2.23. The van der Waals surface area contributed by atoms with Crippen molar-refractivity contribution in [3.8, 4) is 0 Å². The van der Waals surface area contributed by atoms with Crippen LogP contribution >= 0.6 is 0 Å². The molecule has 1 fully saturated rings. The molecule has 0 aromatic heterocycles. The van der Waals surface area contributed by atoms with Crippen LogP contribution in [-0.2, 0) is 0 Å². The van der Waals surface area contributed by atoms with Gasteiger partial charge < -0.3 is 0 Å². The normalized spacial score (nSPS) is 23.1. The first-order valence-electron chi connectivity index (χ1n) is 5.99. The van der Waals surface area contributed by atoms with Crippen molar-refractivity contribution < 1.29 is 0 Å². The minimum atomic E-state index is 0.525. The van der Waals surface area contributed by atoms with Gasteiger partial charge in [-0.1, -0.05) is 59.8 Å². The van der Waals surface area contributed by atoms with E-state index >= 15 is 0 Å². The van der Waals surface area contributed by atoms with Gasteiger partial charge in [0.1, 0.15) is 0 Å². The van der Waals surface area contributed by atoms with Gasteiger partial charge in [-0.05, 0) is 23.7 Å². The molecule has 0 amide bonds. The van der Waals surface area contributed by atoms with Crippen molar-refractivity contribution in [1.82, 2.24) is 0 Å². The van der Waals surface area contributed by atoms with Crippen molar-refractivity contribution in [1.29, 1.82) is 0 Å². The molecule has 0 heterocycles. The fraction of sp³-hybridized carbons (Fsp3) is 1.00. The molecule has 1 saturated carbocycles. The van der Waals surface area contributed by atoms with E-state index in [9.17, 15) is 0 Å². The maximum Gasteiger partial charge on any atom is -0.0380 e. The van der Waals surface area contributed by atoms with Gasteiger partial charge >= 0.3 is 0 Å². The van der Waals surface area contributed by atoms with Crippen molar-refractivity contribution in [3.63, 3.8) is 0 Å². The summed E-state index contributed by atoms with van der Waals surface area (Å²) in [5.41, 5.74) is 0.525. The number of rotatable bonds is 2. The molecule has 0 aliphatic heterocycles.